The molecule has 0 fully saturated rings. The van der Waals surface area contributed by atoms with Gasteiger partial charge in [-0.3, -0.25) is 4.79 Å². The fraction of sp³-hybridized carbons (Fsp3) is 0.304. The van der Waals surface area contributed by atoms with Crippen molar-refractivity contribution in [3.63, 3.8) is 0 Å². The van der Waals surface area contributed by atoms with E-state index in [-0.39, 0.29) is 11.3 Å². The molecule has 0 saturated carbocycles. The molecule has 0 radical (unpaired) electrons. The van der Waals surface area contributed by atoms with Crippen LogP contribution in [0, 0.1) is 0 Å². The smallest absolute Gasteiger partial charge is 0.275 e. The van der Waals surface area contributed by atoms with Crippen LogP contribution in [0.4, 0.5) is 0 Å². The summed E-state index contributed by atoms with van der Waals surface area (Å²) < 4.78 is 5.36. The highest BCUT2D eigenvalue weighted by molar-refractivity contribution is 6.19. The van der Waals surface area contributed by atoms with Crippen LogP contribution in [0.5, 0.6) is 5.75 Å². The summed E-state index contributed by atoms with van der Waals surface area (Å²) in [5.41, 5.74) is 4.70. The van der Waals surface area contributed by atoms with Gasteiger partial charge in [0, 0.05) is 5.56 Å². The minimum Gasteiger partial charge on any atom is -0.496 e. The molecule has 2 aromatic rings. The van der Waals surface area contributed by atoms with Gasteiger partial charge >= 0.3 is 0 Å². The van der Waals surface area contributed by atoms with Gasteiger partial charge in [0.05, 0.1) is 7.11 Å². The molecule has 0 atom stereocenters. The number of benzene rings is 2. The fourth-order valence-electron chi connectivity index (χ4n) is 3.06. The molecule has 1 heterocycles. The van der Waals surface area contributed by atoms with Crippen LogP contribution >= 0.6 is 0 Å². The summed E-state index contributed by atoms with van der Waals surface area (Å²) in [6, 6.07) is 14.1. The van der Waals surface area contributed by atoms with Gasteiger partial charge in [-0.15, -0.1) is 0 Å². The summed E-state index contributed by atoms with van der Waals surface area (Å²) in [5, 5.41) is 2.87. The SMILES string of the molecule is CCc1cc(/C=C2/N=C(c3ccc(C(C)(C)C)cc3)NC2=O)ccc1OC. The van der Waals surface area contributed by atoms with Crippen molar-refractivity contribution in [1.29, 1.82) is 0 Å². The Hall–Kier alpha value is -2.88. The van der Waals surface area contributed by atoms with Gasteiger partial charge in [-0.25, -0.2) is 4.99 Å². The molecule has 140 valence electrons. The summed E-state index contributed by atoms with van der Waals surface area (Å²) in [6.07, 6.45) is 2.67. The Morgan fingerprint density at radius 3 is 2.41 bits per heavy atom. The van der Waals surface area contributed by atoms with Gasteiger partial charge in [0.2, 0.25) is 0 Å². The number of nitrogens with zero attached hydrogens (tertiary/aromatic N) is 1. The molecule has 4 heteroatoms. The van der Waals surface area contributed by atoms with E-state index in [4.69, 9.17) is 4.74 Å². The number of methoxy groups -OCH3 is 1. The van der Waals surface area contributed by atoms with Crippen LogP contribution in [-0.2, 0) is 16.6 Å². The number of amidine groups is 1. The van der Waals surface area contributed by atoms with Crippen LogP contribution in [0.3, 0.4) is 0 Å². The van der Waals surface area contributed by atoms with E-state index in [9.17, 15) is 4.79 Å². The second-order valence-corrected chi connectivity index (χ2v) is 7.70. The van der Waals surface area contributed by atoms with E-state index < -0.39 is 0 Å². The number of carbonyl (C=O) groups is 1. The maximum Gasteiger partial charge on any atom is 0.275 e. The first kappa shape index (κ1) is 18.9. The number of nitrogens with one attached hydrogen (secondary N) is 1. The molecule has 1 N–H and O–H groups in total. The first-order chi connectivity index (χ1) is 12.8. The molecular weight excluding hydrogens is 336 g/mol. The summed E-state index contributed by atoms with van der Waals surface area (Å²) in [5.74, 6) is 1.27. The molecule has 0 spiro atoms. The number of hydrogen-bond acceptors (Lipinski definition) is 3. The third-order valence-electron chi connectivity index (χ3n) is 4.71. The molecule has 0 bridgehead atoms. The zero-order valence-electron chi connectivity index (χ0n) is 16.6. The van der Waals surface area contributed by atoms with Gasteiger partial charge in [0.1, 0.15) is 17.3 Å². The Labute approximate surface area is 161 Å². The van der Waals surface area contributed by atoms with Crippen LogP contribution in [0.2, 0.25) is 0 Å². The van der Waals surface area contributed by atoms with Gasteiger partial charge in [-0.1, -0.05) is 58.0 Å². The summed E-state index contributed by atoms with van der Waals surface area (Å²) in [6.45, 7) is 8.61. The Bertz CT molecular complexity index is 916. The molecule has 1 aliphatic heterocycles. The van der Waals surface area contributed by atoms with Gasteiger partial charge < -0.3 is 10.1 Å². The van der Waals surface area contributed by atoms with Crippen LogP contribution < -0.4 is 10.1 Å². The first-order valence-electron chi connectivity index (χ1n) is 9.21. The average molecular weight is 362 g/mol. The highest BCUT2D eigenvalue weighted by Crippen LogP contribution is 2.24. The third kappa shape index (κ3) is 4.11. The molecule has 4 nitrogen and oxygen atoms in total. The van der Waals surface area contributed by atoms with Crippen LogP contribution in [0.15, 0.2) is 53.2 Å². The Morgan fingerprint density at radius 1 is 1.11 bits per heavy atom. The summed E-state index contributed by atoms with van der Waals surface area (Å²) in [7, 11) is 1.67. The minimum absolute atomic E-state index is 0.0929. The van der Waals surface area contributed by atoms with E-state index in [1.807, 2.05) is 36.4 Å². The molecule has 27 heavy (non-hydrogen) atoms. The highest BCUT2D eigenvalue weighted by atomic mass is 16.5. The van der Waals surface area contributed by atoms with Crippen molar-refractivity contribution in [1.82, 2.24) is 5.32 Å². The second-order valence-electron chi connectivity index (χ2n) is 7.70. The number of rotatable bonds is 4. The minimum atomic E-state index is -0.182. The summed E-state index contributed by atoms with van der Waals surface area (Å²) in [4.78, 5) is 16.9. The topological polar surface area (TPSA) is 50.7 Å². The van der Waals surface area contributed by atoms with Gasteiger partial charge in [-0.05, 0) is 46.7 Å². The molecule has 0 aromatic heterocycles. The third-order valence-corrected chi connectivity index (χ3v) is 4.71. The number of aliphatic imine (C=N–C) groups is 1. The molecule has 0 aliphatic carbocycles. The Morgan fingerprint density at radius 2 is 1.81 bits per heavy atom. The van der Waals surface area contributed by atoms with Gasteiger partial charge in [0.25, 0.3) is 5.91 Å². The van der Waals surface area contributed by atoms with E-state index >= 15 is 0 Å². The standard InChI is InChI=1S/C23H26N2O2/c1-6-16-13-15(7-12-20(16)27-5)14-19-22(26)25-21(24-19)17-8-10-18(11-9-17)23(2,3)4/h7-14H,6H2,1-5H3,(H,24,25,26)/b19-14+. The zero-order valence-corrected chi connectivity index (χ0v) is 16.6. The van der Waals surface area contributed by atoms with Crippen molar-refractivity contribution < 1.29 is 9.53 Å². The monoisotopic (exact) mass is 362 g/mol. The molecule has 1 amide bonds. The maximum atomic E-state index is 12.3. The van der Waals surface area contributed by atoms with Gasteiger partial charge in [-0.2, -0.15) is 0 Å². The fourth-order valence-corrected chi connectivity index (χ4v) is 3.06. The van der Waals surface area contributed by atoms with Crippen LogP contribution in [0.1, 0.15) is 49.9 Å². The average Bonchev–Trinajstić information content (AvgIpc) is 3.01. The number of aryl methyl sites for hydroxylation is 1. The predicted octanol–water partition coefficient (Wildman–Crippen LogP) is 4.47. The Kier molecular flexibility index (Phi) is 5.17. The van der Waals surface area contributed by atoms with Crippen LogP contribution in [0.25, 0.3) is 6.08 Å². The molecule has 0 unspecified atom stereocenters. The molecule has 1 aliphatic rings. The highest BCUT2D eigenvalue weighted by Gasteiger charge is 2.22. The van der Waals surface area contributed by atoms with Crippen molar-refractivity contribution in [3.8, 4) is 5.75 Å². The lowest BCUT2D eigenvalue weighted by Crippen LogP contribution is -2.24. The normalized spacial score (nSPS) is 15.7. The number of carbonyl (C=O) groups excluding carboxylic acids is 1. The van der Waals surface area contributed by atoms with Crippen molar-refractivity contribution in [2.75, 3.05) is 7.11 Å². The molecule has 0 saturated heterocycles. The lowest BCUT2D eigenvalue weighted by Gasteiger charge is -2.19. The molecule has 3 rings (SSSR count). The predicted molar refractivity (Wildman–Crippen MR) is 110 cm³/mol. The molecular formula is C23H26N2O2. The molecule has 2 aromatic carbocycles. The van der Waals surface area contributed by atoms with Crippen LogP contribution in [-0.4, -0.2) is 18.9 Å². The first-order valence-corrected chi connectivity index (χ1v) is 9.21. The van der Waals surface area contributed by atoms with Crippen molar-refractivity contribution in [2.45, 2.75) is 39.5 Å². The number of ether oxygens (including phenoxy) is 1. The summed E-state index contributed by atoms with van der Waals surface area (Å²) >= 11 is 0. The van der Waals surface area contributed by atoms with E-state index in [0.717, 1.165) is 28.9 Å². The quantitative estimate of drug-likeness (QED) is 0.816. The van der Waals surface area contributed by atoms with Crippen molar-refractivity contribution >= 4 is 17.8 Å². The van der Waals surface area contributed by atoms with Gasteiger partial charge in [0.15, 0.2) is 0 Å². The number of hydrogen-bond donors (Lipinski definition) is 1. The van der Waals surface area contributed by atoms with E-state index in [0.29, 0.717) is 11.5 Å². The largest absolute Gasteiger partial charge is 0.496 e. The van der Waals surface area contributed by atoms with Crippen molar-refractivity contribution in [3.05, 3.63) is 70.4 Å². The van der Waals surface area contributed by atoms with E-state index in [1.165, 1.54) is 5.56 Å². The maximum absolute atomic E-state index is 12.3. The Balaban J connectivity index is 1.89. The lowest BCUT2D eigenvalue weighted by molar-refractivity contribution is -0.115. The lowest BCUT2D eigenvalue weighted by atomic mass is 9.86. The second kappa shape index (κ2) is 7.39. The van der Waals surface area contributed by atoms with E-state index in [1.54, 1.807) is 7.11 Å². The van der Waals surface area contributed by atoms with Crippen molar-refractivity contribution in [2.24, 2.45) is 4.99 Å². The number of amides is 1. The van der Waals surface area contributed by atoms with E-state index in [2.05, 4.69) is 50.1 Å². The zero-order chi connectivity index (χ0) is 19.6.